The van der Waals surface area contributed by atoms with Crippen molar-refractivity contribution < 1.29 is 8.78 Å². The summed E-state index contributed by atoms with van der Waals surface area (Å²) in [7, 11) is 0. The Morgan fingerprint density at radius 2 is 2.00 bits per heavy atom. The van der Waals surface area contributed by atoms with E-state index in [1.807, 2.05) is 22.6 Å². The van der Waals surface area contributed by atoms with Crippen LogP contribution in [0.3, 0.4) is 0 Å². The third-order valence-electron chi connectivity index (χ3n) is 1.11. The van der Waals surface area contributed by atoms with Crippen molar-refractivity contribution in [3.8, 4) is 0 Å². The molecule has 11 heavy (non-hydrogen) atoms. The van der Waals surface area contributed by atoms with Gasteiger partial charge in [0, 0.05) is 9.77 Å². The molecule has 1 heterocycles. The van der Waals surface area contributed by atoms with E-state index in [9.17, 15) is 8.78 Å². The Morgan fingerprint density at radius 3 is 2.36 bits per heavy atom. The average Bonchev–Trinajstić information content (AvgIpc) is 1.85. The maximum absolute atomic E-state index is 12.2. The number of alkyl halides is 2. The number of halogens is 4. The minimum atomic E-state index is -2.43. The second-order valence-electron chi connectivity index (χ2n) is 1.80. The number of rotatable bonds is 1. The van der Waals surface area contributed by atoms with E-state index in [1.165, 1.54) is 6.20 Å². The lowest BCUT2D eigenvalue weighted by Crippen LogP contribution is -1.95. The van der Waals surface area contributed by atoms with Crippen LogP contribution in [0.15, 0.2) is 12.3 Å². The van der Waals surface area contributed by atoms with Gasteiger partial charge in [0.05, 0.1) is 5.56 Å². The highest BCUT2D eigenvalue weighted by atomic mass is 127. The van der Waals surface area contributed by atoms with Gasteiger partial charge in [0.25, 0.3) is 6.43 Å². The summed E-state index contributed by atoms with van der Waals surface area (Å²) in [6.45, 7) is 0. The van der Waals surface area contributed by atoms with Crippen molar-refractivity contribution in [3.63, 3.8) is 0 Å². The fourth-order valence-electron chi connectivity index (χ4n) is 0.620. The van der Waals surface area contributed by atoms with Gasteiger partial charge in [-0.05, 0) is 51.2 Å². The Balaban J connectivity index is 3.21. The molecule has 0 saturated heterocycles. The lowest BCUT2D eigenvalue weighted by Gasteiger charge is -2.03. The monoisotopic (exact) mass is 381 g/mol. The lowest BCUT2D eigenvalue weighted by atomic mass is 10.3. The highest BCUT2D eigenvalue weighted by Crippen LogP contribution is 2.27. The first-order valence-corrected chi connectivity index (χ1v) is 4.86. The fourth-order valence-corrected chi connectivity index (χ4v) is 2.47. The highest BCUT2D eigenvalue weighted by Gasteiger charge is 2.15. The first-order valence-electron chi connectivity index (χ1n) is 2.71. The zero-order valence-electron chi connectivity index (χ0n) is 5.19. The van der Waals surface area contributed by atoms with Crippen molar-refractivity contribution in [1.82, 2.24) is 4.98 Å². The van der Waals surface area contributed by atoms with Crippen molar-refractivity contribution in [2.45, 2.75) is 6.43 Å². The molecular formula is C6H3F2I2N. The maximum Gasteiger partial charge on any atom is 0.267 e. The van der Waals surface area contributed by atoms with Gasteiger partial charge in [-0.1, -0.05) is 0 Å². The van der Waals surface area contributed by atoms with E-state index in [2.05, 4.69) is 4.98 Å². The molecule has 0 bridgehead atoms. The molecule has 1 aromatic heterocycles. The van der Waals surface area contributed by atoms with E-state index in [-0.39, 0.29) is 5.56 Å². The Hall–Kier alpha value is 0.470. The Bertz CT molecular complexity index is 245. The summed E-state index contributed by atoms with van der Waals surface area (Å²) in [4.78, 5) is 3.76. The van der Waals surface area contributed by atoms with Crippen LogP contribution in [0.4, 0.5) is 8.78 Å². The summed E-state index contributed by atoms with van der Waals surface area (Å²) in [5.74, 6) is 0. The van der Waals surface area contributed by atoms with E-state index >= 15 is 0 Å². The first-order chi connectivity index (χ1) is 5.13. The molecule has 1 nitrogen and oxygen atoms in total. The van der Waals surface area contributed by atoms with Crippen molar-refractivity contribution in [3.05, 3.63) is 25.1 Å². The third kappa shape index (κ3) is 2.20. The molecule has 0 aliphatic rings. The quantitative estimate of drug-likeness (QED) is 0.538. The molecule has 60 valence electrons. The van der Waals surface area contributed by atoms with Crippen LogP contribution in [0, 0.1) is 7.27 Å². The van der Waals surface area contributed by atoms with E-state index < -0.39 is 6.43 Å². The molecule has 0 saturated carbocycles. The van der Waals surface area contributed by atoms with E-state index in [4.69, 9.17) is 0 Å². The molecule has 0 aliphatic heterocycles. The van der Waals surface area contributed by atoms with Gasteiger partial charge < -0.3 is 0 Å². The van der Waals surface area contributed by atoms with E-state index in [0.717, 1.165) is 0 Å². The molecule has 0 radical (unpaired) electrons. The molecule has 0 aromatic carbocycles. The molecule has 0 atom stereocenters. The predicted octanol–water partition coefficient (Wildman–Crippen LogP) is 3.23. The summed E-state index contributed by atoms with van der Waals surface area (Å²) >= 11 is 3.68. The van der Waals surface area contributed by atoms with Crippen molar-refractivity contribution >= 4 is 45.2 Å². The average molecular weight is 381 g/mol. The van der Waals surface area contributed by atoms with Crippen LogP contribution < -0.4 is 0 Å². The van der Waals surface area contributed by atoms with Crippen molar-refractivity contribution in [2.24, 2.45) is 0 Å². The normalized spacial score (nSPS) is 10.6. The summed E-state index contributed by atoms with van der Waals surface area (Å²) < 4.78 is 25.4. The van der Waals surface area contributed by atoms with Gasteiger partial charge >= 0.3 is 0 Å². The lowest BCUT2D eigenvalue weighted by molar-refractivity contribution is 0.149. The van der Waals surface area contributed by atoms with Crippen LogP contribution >= 0.6 is 45.2 Å². The molecule has 0 aliphatic carbocycles. The topological polar surface area (TPSA) is 12.9 Å². The number of aromatic nitrogens is 1. The second-order valence-corrected chi connectivity index (χ2v) is 3.98. The van der Waals surface area contributed by atoms with Crippen LogP contribution in [0.1, 0.15) is 12.0 Å². The molecule has 0 fully saturated rings. The minimum absolute atomic E-state index is 0.0358. The third-order valence-corrected chi connectivity index (χ3v) is 2.91. The molecule has 0 N–H and O–H groups in total. The van der Waals surface area contributed by atoms with E-state index in [1.54, 1.807) is 28.7 Å². The van der Waals surface area contributed by atoms with Gasteiger partial charge in [0.15, 0.2) is 0 Å². The molecular weight excluding hydrogens is 378 g/mol. The van der Waals surface area contributed by atoms with Crippen LogP contribution in [-0.2, 0) is 0 Å². The molecule has 1 rings (SSSR count). The molecule has 1 aromatic rings. The smallest absolute Gasteiger partial charge is 0.250 e. The van der Waals surface area contributed by atoms with E-state index in [0.29, 0.717) is 7.27 Å². The van der Waals surface area contributed by atoms with Crippen LogP contribution in [0.25, 0.3) is 0 Å². The van der Waals surface area contributed by atoms with Crippen molar-refractivity contribution in [1.29, 1.82) is 0 Å². The van der Waals surface area contributed by atoms with Gasteiger partial charge in [0.2, 0.25) is 0 Å². The Labute approximate surface area is 89.9 Å². The second kappa shape index (κ2) is 3.92. The summed E-state index contributed by atoms with van der Waals surface area (Å²) in [6, 6.07) is 1.57. The minimum Gasteiger partial charge on any atom is -0.250 e. The van der Waals surface area contributed by atoms with Gasteiger partial charge in [-0.15, -0.1) is 0 Å². The number of hydrogen-bond donors (Lipinski definition) is 0. The number of nitrogens with zero attached hydrogens (tertiary/aromatic N) is 1. The Kier molecular flexibility index (Phi) is 3.41. The zero-order chi connectivity index (χ0) is 8.43. The number of pyridine rings is 1. The summed E-state index contributed by atoms with van der Waals surface area (Å²) in [5.41, 5.74) is 0.0358. The largest absolute Gasteiger partial charge is 0.267 e. The molecule has 0 unspecified atom stereocenters. The fraction of sp³-hybridized carbons (Fsp3) is 0.167. The van der Waals surface area contributed by atoms with Gasteiger partial charge in [-0.3, -0.25) is 0 Å². The number of hydrogen-bond acceptors (Lipinski definition) is 1. The Morgan fingerprint density at radius 1 is 1.36 bits per heavy atom. The standard InChI is InChI=1S/C6H3F2I2N/c7-5(8)4-3(9)1-2-11-6(4)10/h1-2,5H. The van der Waals surface area contributed by atoms with Gasteiger partial charge in [-0.25, -0.2) is 13.8 Å². The van der Waals surface area contributed by atoms with Crippen LogP contribution in [-0.4, -0.2) is 4.98 Å². The highest BCUT2D eigenvalue weighted by molar-refractivity contribution is 14.1. The van der Waals surface area contributed by atoms with Crippen LogP contribution in [0.5, 0.6) is 0 Å². The predicted molar refractivity (Wildman–Crippen MR) is 54.6 cm³/mol. The van der Waals surface area contributed by atoms with Crippen molar-refractivity contribution in [2.75, 3.05) is 0 Å². The summed E-state index contributed by atoms with van der Waals surface area (Å²) in [6.07, 6.45) is -0.905. The zero-order valence-corrected chi connectivity index (χ0v) is 9.51. The first kappa shape index (κ1) is 9.56. The maximum atomic E-state index is 12.2. The molecule has 0 amide bonds. The molecule has 0 spiro atoms. The molecule has 5 heteroatoms. The SMILES string of the molecule is FC(F)c1c(I)ccnc1I. The van der Waals surface area contributed by atoms with Gasteiger partial charge in [0.1, 0.15) is 3.70 Å². The van der Waals surface area contributed by atoms with Gasteiger partial charge in [-0.2, -0.15) is 0 Å². The van der Waals surface area contributed by atoms with Crippen LogP contribution in [0.2, 0.25) is 0 Å². The summed E-state index contributed by atoms with van der Waals surface area (Å²) in [5, 5.41) is 0.